The predicted octanol–water partition coefficient (Wildman–Crippen LogP) is -0.174. The third-order valence-electron chi connectivity index (χ3n) is 4.64. The largest absolute Gasteiger partial charge is 0.387 e. The van der Waals surface area contributed by atoms with Crippen molar-refractivity contribution in [1.29, 1.82) is 0 Å². The fourth-order valence-electron chi connectivity index (χ4n) is 3.26. The number of aliphatic hydroxyl groups excluding tert-OH is 3. The Balaban J connectivity index is 1.66. The first-order valence-corrected chi connectivity index (χ1v) is 7.93. The molecule has 1 saturated heterocycles. The number of hydrogen-bond donors (Lipinski definition) is 3. The van der Waals surface area contributed by atoms with Crippen LogP contribution in [0.25, 0.3) is 11.0 Å². The van der Waals surface area contributed by atoms with Crippen LogP contribution in [0.3, 0.4) is 0 Å². The van der Waals surface area contributed by atoms with Crippen LogP contribution in [0.1, 0.15) is 23.6 Å². The number of aromatic nitrogens is 5. The maximum Gasteiger partial charge on any atom is 0.164 e. The first kappa shape index (κ1) is 16.2. The number of nitrogens with zero attached hydrogens (tertiary/aromatic N) is 5. The summed E-state index contributed by atoms with van der Waals surface area (Å²) in [4.78, 5) is 8.38. The molecule has 3 aromatic rings. The summed E-state index contributed by atoms with van der Waals surface area (Å²) in [5, 5.41) is 36.2. The molecule has 0 bridgehead atoms. The molecule has 5 atom stereocenters. The van der Waals surface area contributed by atoms with E-state index in [4.69, 9.17) is 4.74 Å². The predicted molar refractivity (Wildman–Crippen MR) is 86.4 cm³/mol. The molecule has 4 heterocycles. The lowest BCUT2D eigenvalue weighted by atomic mass is 10.0. The average molecular weight is 345 g/mol. The molecule has 1 aliphatic rings. The highest BCUT2D eigenvalue weighted by atomic mass is 16.6. The van der Waals surface area contributed by atoms with E-state index in [0.29, 0.717) is 11.2 Å². The van der Waals surface area contributed by atoms with Crippen molar-refractivity contribution in [3.63, 3.8) is 0 Å². The normalized spacial score (nSPS) is 27.9. The maximum absolute atomic E-state index is 10.5. The van der Waals surface area contributed by atoms with Crippen molar-refractivity contribution in [2.45, 2.75) is 37.6 Å². The Kier molecular flexibility index (Phi) is 3.80. The van der Waals surface area contributed by atoms with Gasteiger partial charge < -0.3 is 24.6 Å². The molecule has 132 valence electrons. The highest BCUT2D eigenvalue weighted by Gasteiger charge is 2.47. The molecule has 3 aromatic heterocycles. The fraction of sp³-hybridized carbons (Fsp3) is 0.438. The smallest absolute Gasteiger partial charge is 0.164 e. The summed E-state index contributed by atoms with van der Waals surface area (Å²) in [5.74, 6) is 0. The summed E-state index contributed by atoms with van der Waals surface area (Å²) in [6.07, 6.45) is 0.899. The van der Waals surface area contributed by atoms with Gasteiger partial charge in [0.05, 0.1) is 11.9 Å². The Morgan fingerprint density at radius 3 is 2.76 bits per heavy atom. The maximum atomic E-state index is 10.5. The number of aliphatic hydroxyl groups is 3. The molecule has 1 unspecified atom stereocenters. The van der Waals surface area contributed by atoms with Crippen molar-refractivity contribution in [2.75, 3.05) is 0 Å². The van der Waals surface area contributed by atoms with Crippen LogP contribution in [-0.4, -0.2) is 57.9 Å². The van der Waals surface area contributed by atoms with Crippen LogP contribution in [0.4, 0.5) is 0 Å². The topological polar surface area (TPSA) is 118 Å². The monoisotopic (exact) mass is 345 g/mol. The average Bonchev–Trinajstić information content (AvgIpc) is 3.27. The third kappa shape index (κ3) is 2.52. The Labute approximate surface area is 143 Å². The Morgan fingerprint density at radius 2 is 2.04 bits per heavy atom. The van der Waals surface area contributed by atoms with Gasteiger partial charge in [0.15, 0.2) is 6.23 Å². The van der Waals surface area contributed by atoms with E-state index in [9.17, 15) is 15.3 Å². The van der Waals surface area contributed by atoms with E-state index in [-0.39, 0.29) is 0 Å². The summed E-state index contributed by atoms with van der Waals surface area (Å²) in [5.41, 5.74) is 1.92. The molecule has 0 aromatic carbocycles. The molecule has 0 radical (unpaired) electrons. The van der Waals surface area contributed by atoms with Crippen LogP contribution >= 0.6 is 0 Å². The molecule has 0 aliphatic carbocycles. The Morgan fingerprint density at radius 1 is 1.24 bits per heavy atom. The standard InChI is InChI=1S/C16H19N5O4/c1-8-10-3-4-21(15(10)18-7-17-8)16-13(24)12(23)14(25-16)11(22)9-5-19-20(2)6-9/h3-7,11-14,16,22-24H,1-2H3/t11?,12-,13+,14+,16+/m0/s1. The molecule has 0 amide bonds. The van der Waals surface area contributed by atoms with E-state index in [1.54, 1.807) is 28.7 Å². The molecule has 1 fully saturated rings. The van der Waals surface area contributed by atoms with Gasteiger partial charge in [0, 0.05) is 30.4 Å². The van der Waals surface area contributed by atoms with Crippen molar-refractivity contribution < 1.29 is 20.1 Å². The van der Waals surface area contributed by atoms with Gasteiger partial charge in [-0.15, -0.1) is 0 Å². The Bertz CT molecular complexity index is 907. The number of hydrogen-bond acceptors (Lipinski definition) is 7. The van der Waals surface area contributed by atoms with Crippen LogP contribution < -0.4 is 0 Å². The van der Waals surface area contributed by atoms with E-state index < -0.39 is 30.6 Å². The zero-order valence-electron chi connectivity index (χ0n) is 13.8. The summed E-state index contributed by atoms with van der Waals surface area (Å²) < 4.78 is 9.01. The quantitative estimate of drug-likeness (QED) is 0.603. The van der Waals surface area contributed by atoms with Gasteiger partial charge in [-0.25, -0.2) is 9.97 Å². The fourth-order valence-corrected chi connectivity index (χ4v) is 3.26. The summed E-state index contributed by atoms with van der Waals surface area (Å²) in [7, 11) is 1.73. The first-order valence-electron chi connectivity index (χ1n) is 7.93. The van der Waals surface area contributed by atoms with E-state index in [1.807, 2.05) is 13.0 Å². The highest BCUT2D eigenvalue weighted by Crippen LogP contribution is 2.37. The van der Waals surface area contributed by atoms with Crippen molar-refractivity contribution >= 4 is 11.0 Å². The van der Waals surface area contributed by atoms with Gasteiger partial charge in [0.25, 0.3) is 0 Å². The van der Waals surface area contributed by atoms with E-state index in [2.05, 4.69) is 15.1 Å². The Hall–Kier alpha value is -2.33. The third-order valence-corrected chi connectivity index (χ3v) is 4.64. The van der Waals surface area contributed by atoms with Gasteiger partial charge >= 0.3 is 0 Å². The minimum atomic E-state index is -1.25. The second-order valence-electron chi connectivity index (χ2n) is 6.28. The molecule has 3 N–H and O–H groups in total. The van der Waals surface area contributed by atoms with Crippen LogP contribution in [-0.2, 0) is 11.8 Å². The minimum absolute atomic E-state index is 0.509. The molecule has 9 nitrogen and oxygen atoms in total. The van der Waals surface area contributed by atoms with Crippen LogP contribution in [0.15, 0.2) is 31.0 Å². The van der Waals surface area contributed by atoms with Gasteiger partial charge in [-0.3, -0.25) is 4.68 Å². The zero-order valence-corrected chi connectivity index (χ0v) is 13.8. The van der Waals surface area contributed by atoms with Crippen molar-refractivity contribution in [2.24, 2.45) is 7.05 Å². The van der Waals surface area contributed by atoms with E-state index in [1.165, 1.54) is 12.5 Å². The molecular formula is C16H19N5O4. The second-order valence-corrected chi connectivity index (χ2v) is 6.28. The lowest BCUT2D eigenvalue weighted by molar-refractivity contribution is -0.0848. The molecule has 0 saturated carbocycles. The van der Waals surface area contributed by atoms with Gasteiger partial charge in [-0.1, -0.05) is 0 Å². The van der Waals surface area contributed by atoms with Crippen molar-refractivity contribution in [3.8, 4) is 0 Å². The molecule has 9 heteroatoms. The zero-order chi connectivity index (χ0) is 17.7. The molecule has 0 spiro atoms. The van der Waals surface area contributed by atoms with Gasteiger partial charge in [0.2, 0.25) is 0 Å². The molecule has 25 heavy (non-hydrogen) atoms. The van der Waals surface area contributed by atoms with Gasteiger partial charge in [-0.05, 0) is 13.0 Å². The first-order chi connectivity index (χ1) is 12.0. The highest BCUT2D eigenvalue weighted by molar-refractivity contribution is 5.78. The van der Waals surface area contributed by atoms with E-state index >= 15 is 0 Å². The van der Waals surface area contributed by atoms with Crippen molar-refractivity contribution in [3.05, 3.63) is 42.2 Å². The minimum Gasteiger partial charge on any atom is -0.387 e. The van der Waals surface area contributed by atoms with Gasteiger partial charge in [0.1, 0.15) is 36.4 Å². The number of rotatable bonds is 3. The summed E-state index contributed by atoms with van der Waals surface area (Å²) in [6, 6.07) is 1.83. The molecular weight excluding hydrogens is 326 g/mol. The van der Waals surface area contributed by atoms with Crippen molar-refractivity contribution in [1.82, 2.24) is 24.3 Å². The molecule has 1 aliphatic heterocycles. The van der Waals surface area contributed by atoms with Crippen LogP contribution in [0.2, 0.25) is 0 Å². The summed E-state index contributed by atoms with van der Waals surface area (Å²) in [6.45, 7) is 1.87. The second kappa shape index (κ2) is 5.88. The number of aryl methyl sites for hydroxylation is 2. The van der Waals surface area contributed by atoms with Gasteiger partial charge in [-0.2, -0.15) is 5.10 Å². The molecule has 4 rings (SSSR count). The number of fused-ring (bicyclic) bond motifs is 1. The SMILES string of the molecule is Cc1ncnc2c1ccn2[C@@H]1O[C@H](C(O)c2cnn(C)c2)[C@@H](O)[C@H]1O. The lowest BCUT2D eigenvalue weighted by Gasteiger charge is -2.20. The van der Waals surface area contributed by atoms with Crippen LogP contribution in [0, 0.1) is 6.92 Å². The lowest BCUT2D eigenvalue weighted by Crippen LogP contribution is -2.34. The van der Waals surface area contributed by atoms with E-state index in [0.717, 1.165) is 11.1 Å². The number of ether oxygens (including phenoxy) is 1. The van der Waals surface area contributed by atoms with Crippen LogP contribution in [0.5, 0.6) is 0 Å². The summed E-state index contributed by atoms with van der Waals surface area (Å²) >= 11 is 0.